The fourth-order valence-corrected chi connectivity index (χ4v) is 2.94. The van der Waals surface area contributed by atoms with Gasteiger partial charge in [-0.05, 0) is 47.9 Å². The van der Waals surface area contributed by atoms with Crippen LogP contribution in [0.25, 0.3) is 0 Å². The highest BCUT2D eigenvalue weighted by Crippen LogP contribution is 2.39. The minimum Gasteiger partial charge on any atom is -0.399 e. The van der Waals surface area contributed by atoms with Crippen LogP contribution in [-0.4, -0.2) is 0 Å². The summed E-state index contributed by atoms with van der Waals surface area (Å²) in [6.07, 6.45) is 0. The molecule has 0 bridgehead atoms. The van der Waals surface area contributed by atoms with E-state index >= 15 is 0 Å². The van der Waals surface area contributed by atoms with Gasteiger partial charge >= 0.3 is 0 Å². The first-order chi connectivity index (χ1) is 12.6. The lowest BCUT2D eigenvalue weighted by Crippen LogP contribution is -2.25. The largest absolute Gasteiger partial charge is 0.399 e. The Labute approximate surface area is 158 Å². The Hall–Kier alpha value is -3.00. The molecule has 3 aromatic rings. The van der Waals surface area contributed by atoms with E-state index in [0.29, 0.717) is 0 Å². The van der Waals surface area contributed by atoms with E-state index < -0.39 is 0 Å². The lowest BCUT2D eigenvalue weighted by atomic mass is 9.71. The van der Waals surface area contributed by atoms with Crippen LogP contribution in [-0.2, 0) is 5.41 Å². The number of rotatable bonds is 3. The van der Waals surface area contributed by atoms with E-state index in [4.69, 9.17) is 11.5 Å². The molecule has 0 radical (unpaired) electrons. The van der Waals surface area contributed by atoms with Crippen LogP contribution in [0.3, 0.4) is 0 Å². The summed E-state index contributed by atoms with van der Waals surface area (Å²) in [4.78, 5) is 0. The maximum absolute atomic E-state index is 6.02. The van der Waals surface area contributed by atoms with E-state index in [9.17, 15) is 0 Å². The summed E-state index contributed by atoms with van der Waals surface area (Å²) in [5, 5.41) is 0. The minimum atomic E-state index is -0.273. The zero-order valence-corrected chi connectivity index (χ0v) is 16.1. The first kappa shape index (κ1) is 21.0. The molecule has 0 spiro atoms. The van der Waals surface area contributed by atoms with Crippen LogP contribution < -0.4 is 11.5 Å². The summed E-state index contributed by atoms with van der Waals surface area (Å²) in [7, 11) is 0. The highest BCUT2D eigenvalue weighted by Gasteiger charge is 2.31. The fraction of sp³-hybridized carbons (Fsp3) is 0.167. The molecule has 3 aromatic carbocycles. The second kappa shape index (κ2) is 10.1. The normalized spacial score (nSPS) is 11.8. The van der Waals surface area contributed by atoms with Crippen molar-refractivity contribution in [2.45, 2.75) is 26.2 Å². The third-order valence-electron chi connectivity index (χ3n) is 4.30. The van der Waals surface area contributed by atoms with E-state index in [1.807, 2.05) is 50.2 Å². The van der Waals surface area contributed by atoms with Crippen LogP contribution in [0.15, 0.2) is 92.0 Å². The Balaban J connectivity index is 0.000000791. The molecule has 1 atom stereocenters. The Morgan fingerprint density at radius 2 is 1.12 bits per heavy atom. The fourth-order valence-electron chi connectivity index (χ4n) is 2.94. The van der Waals surface area contributed by atoms with Gasteiger partial charge in [0.05, 0.1) is 0 Å². The van der Waals surface area contributed by atoms with Gasteiger partial charge in [0.1, 0.15) is 0 Å². The number of anilines is 2. The Kier molecular flexibility index (Phi) is 8.17. The molecule has 0 fully saturated rings. The molecule has 0 heterocycles. The molecule has 0 aliphatic heterocycles. The number of hydrogen-bond acceptors (Lipinski definition) is 2. The average molecular weight is 347 g/mol. The van der Waals surface area contributed by atoms with E-state index in [2.05, 4.69) is 62.5 Å². The highest BCUT2D eigenvalue weighted by molar-refractivity contribution is 5.55. The first-order valence-corrected chi connectivity index (χ1v) is 8.88. The van der Waals surface area contributed by atoms with Crippen molar-refractivity contribution < 1.29 is 0 Å². The van der Waals surface area contributed by atoms with Crippen LogP contribution in [0, 0.1) is 0 Å². The molecule has 0 aromatic heterocycles. The summed E-state index contributed by atoms with van der Waals surface area (Å²) in [5.74, 6) is 0. The van der Waals surface area contributed by atoms with Crippen molar-refractivity contribution >= 4 is 11.4 Å². The molecule has 3 rings (SSSR count). The number of benzene rings is 3. The van der Waals surface area contributed by atoms with Crippen molar-refractivity contribution in [1.29, 1.82) is 0 Å². The van der Waals surface area contributed by atoms with Crippen molar-refractivity contribution in [2.24, 2.45) is 0 Å². The monoisotopic (exact) mass is 346 g/mol. The van der Waals surface area contributed by atoms with E-state index in [0.717, 1.165) is 11.4 Å². The average Bonchev–Trinajstić information content (AvgIpc) is 2.71. The summed E-state index contributed by atoms with van der Waals surface area (Å²) in [6.45, 7) is 12.2. The van der Waals surface area contributed by atoms with Crippen LogP contribution in [0.4, 0.5) is 11.4 Å². The van der Waals surface area contributed by atoms with Crippen molar-refractivity contribution in [2.75, 3.05) is 11.5 Å². The van der Waals surface area contributed by atoms with Gasteiger partial charge in [0.2, 0.25) is 0 Å². The summed E-state index contributed by atoms with van der Waals surface area (Å²) >= 11 is 0. The van der Waals surface area contributed by atoms with Crippen molar-refractivity contribution in [3.05, 3.63) is 109 Å². The maximum atomic E-state index is 6.02. The molecule has 0 amide bonds. The topological polar surface area (TPSA) is 52.0 Å². The molecule has 26 heavy (non-hydrogen) atoms. The predicted octanol–water partition coefficient (Wildman–Crippen LogP) is 6.03. The van der Waals surface area contributed by atoms with Gasteiger partial charge in [0.15, 0.2) is 0 Å². The molecule has 0 saturated carbocycles. The predicted molar refractivity (Wildman–Crippen MR) is 116 cm³/mol. The zero-order valence-electron chi connectivity index (χ0n) is 16.1. The van der Waals surface area contributed by atoms with E-state index in [1.54, 1.807) is 0 Å². The van der Waals surface area contributed by atoms with E-state index in [-0.39, 0.29) is 5.41 Å². The van der Waals surface area contributed by atoms with Gasteiger partial charge in [0.25, 0.3) is 0 Å². The number of hydrogen-bond donors (Lipinski definition) is 2. The lowest BCUT2D eigenvalue weighted by Gasteiger charge is -2.32. The van der Waals surface area contributed by atoms with Crippen molar-refractivity contribution in [3.8, 4) is 0 Å². The van der Waals surface area contributed by atoms with Crippen molar-refractivity contribution in [3.63, 3.8) is 0 Å². The number of nitrogens with two attached hydrogens (primary N) is 2. The van der Waals surface area contributed by atoms with Gasteiger partial charge in [0, 0.05) is 16.8 Å². The number of nitrogen functional groups attached to an aromatic ring is 2. The Bertz CT molecular complexity index is 779. The van der Waals surface area contributed by atoms with Crippen molar-refractivity contribution in [1.82, 2.24) is 0 Å². The molecule has 0 aliphatic rings. The summed E-state index contributed by atoms with van der Waals surface area (Å²) in [6, 6.07) is 26.6. The Morgan fingerprint density at radius 1 is 0.615 bits per heavy atom. The molecule has 0 aliphatic carbocycles. The highest BCUT2D eigenvalue weighted by atomic mass is 14.5. The molecule has 1 unspecified atom stereocenters. The minimum absolute atomic E-state index is 0.273. The van der Waals surface area contributed by atoms with Gasteiger partial charge in [-0.1, -0.05) is 68.4 Å². The summed E-state index contributed by atoms with van der Waals surface area (Å²) < 4.78 is 0. The zero-order chi connectivity index (χ0) is 19.6. The molecule has 2 nitrogen and oxygen atoms in total. The van der Waals surface area contributed by atoms with Crippen LogP contribution in [0.5, 0.6) is 0 Å². The second-order valence-corrected chi connectivity index (χ2v) is 5.74. The summed E-state index contributed by atoms with van der Waals surface area (Å²) in [5.41, 5.74) is 16.7. The Morgan fingerprint density at radius 3 is 1.65 bits per heavy atom. The standard InChI is InChI=1S/C20H20N2.C2H6.C2H4/c1-20(15-6-3-2-4-7-15,16-10-12-18(21)13-11-16)17-8-5-9-19(22)14-17;2*1-2/h2-14H,21-22H2,1H3;1-2H3;1-2H2. The molecule has 136 valence electrons. The third-order valence-corrected chi connectivity index (χ3v) is 4.30. The smallest absolute Gasteiger partial charge is 0.0424 e. The van der Waals surface area contributed by atoms with Crippen LogP contribution in [0.2, 0.25) is 0 Å². The molecule has 4 N–H and O–H groups in total. The lowest BCUT2D eigenvalue weighted by molar-refractivity contribution is 0.693. The molecular formula is C24H30N2. The van der Waals surface area contributed by atoms with Crippen LogP contribution in [0.1, 0.15) is 37.5 Å². The van der Waals surface area contributed by atoms with Gasteiger partial charge < -0.3 is 11.5 Å². The van der Waals surface area contributed by atoms with Crippen LogP contribution >= 0.6 is 0 Å². The maximum Gasteiger partial charge on any atom is 0.0424 e. The quantitative estimate of drug-likeness (QED) is 0.345. The first-order valence-electron chi connectivity index (χ1n) is 8.88. The third kappa shape index (κ3) is 4.54. The van der Waals surface area contributed by atoms with E-state index in [1.165, 1.54) is 16.7 Å². The molecule has 0 saturated heterocycles. The second-order valence-electron chi connectivity index (χ2n) is 5.74. The molecule has 2 heteroatoms. The SMILES string of the molecule is C=C.CC.CC(c1ccccc1)(c1ccc(N)cc1)c1cccc(N)c1. The molecular weight excluding hydrogens is 316 g/mol. The van der Waals surface area contributed by atoms with Gasteiger partial charge in [-0.15, -0.1) is 13.2 Å². The van der Waals surface area contributed by atoms with Gasteiger partial charge in [-0.25, -0.2) is 0 Å². The van der Waals surface area contributed by atoms with Gasteiger partial charge in [-0.3, -0.25) is 0 Å². The van der Waals surface area contributed by atoms with Gasteiger partial charge in [-0.2, -0.15) is 0 Å².